The van der Waals surface area contributed by atoms with E-state index in [1.165, 1.54) is 11.1 Å². The second-order valence-electron chi connectivity index (χ2n) is 5.38. The summed E-state index contributed by atoms with van der Waals surface area (Å²) in [5.74, 6) is 0.0476. The normalized spacial score (nSPS) is 13.6. The number of hydrogen-bond donors (Lipinski definition) is 1. The smallest absolute Gasteiger partial charge is 0.106 e. The van der Waals surface area contributed by atoms with Crippen molar-refractivity contribution in [3.63, 3.8) is 0 Å². The van der Waals surface area contributed by atoms with E-state index >= 15 is 0 Å². The molecule has 0 spiro atoms. The van der Waals surface area contributed by atoms with Crippen LogP contribution in [0, 0.1) is 11.3 Å². The standard InChI is InChI=1S/C19H22N2/c1-3-15(2)21-18(14-20)19(16-10-6-4-7-11-16)17-12-8-5-9-13-17/h4-13,15,18-19,21H,3H2,1-2H3. The summed E-state index contributed by atoms with van der Waals surface area (Å²) in [7, 11) is 0. The molecule has 2 nitrogen and oxygen atoms in total. The highest BCUT2D eigenvalue weighted by molar-refractivity contribution is 5.36. The van der Waals surface area contributed by atoms with Crippen LogP contribution in [-0.2, 0) is 0 Å². The Labute approximate surface area is 127 Å². The predicted octanol–water partition coefficient (Wildman–Crippen LogP) is 4.10. The van der Waals surface area contributed by atoms with Gasteiger partial charge in [0.05, 0.1) is 6.07 Å². The van der Waals surface area contributed by atoms with Crippen LogP contribution >= 0.6 is 0 Å². The molecule has 0 heterocycles. The molecule has 0 saturated carbocycles. The molecule has 0 bridgehead atoms. The van der Waals surface area contributed by atoms with Crippen molar-refractivity contribution >= 4 is 0 Å². The van der Waals surface area contributed by atoms with Crippen LogP contribution in [0.4, 0.5) is 0 Å². The van der Waals surface area contributed by atoms with Gasteiger partial charge in [-0.05, 0) is 24.5 Å². The second-order valence-corrected chi connectivity index (χ2v) is 5.38. The van der Waals surface area contributed by atoms with Gasteiger partial charge in [0.2, 0.25) is 0 Å². The molecule has 2 rings (SSSR count). The fourth-order valence-electron chi connectivity index (χ4n) is 2.53. The molecular formula is C19H22N2. The van der Waals surface area contributed by atoms with Gasteiger partial charge in [-0.1, -0.05) is 67.6 Å². The van der Waals surface area contributed by atoms with Crippen molar-refractivity contribution in [2.75, 3.05) is 0 Å². The molecule has 0 aliphatic carbocycles. The lowest BCUT2D eigenvalue weighted by molar-refractivity contribution is 0.462. The van der Waals surface area contributed by atoms with Crippen molar-refractivity contribution in [2.24, 2.45) is 0 Å². The molecule has 0 aliphatic rings. The lowest BCUT2D eigenvalue weighted by Gasteiger charge is -2.26. The highest BCUT2D eigenvalue weighted by atomic mass is 14.9. The van der Waals surface area contributed by atoms with E-state index in [2.05, 4.69) is 49.5 Å². The molecule has 2 heteroatoms. The van der Waals surface area contributed by atoms with E-state index in [-0.39, 0.29) is 12.0 Å². The first-order valence-corrected chi connectivity index (χ1v) is 7.51. The Kier molecular flexibility index (Phi) is 5.54. The van der Waals surface area contributed by atoms with Crippen LogP contribution in [0.15, 0.2) is 60.7 Å². The van der Waals surface area contributed by atoms with E-state index in [1.807, 2.05) is 36.4 Å². The molecule has 2 aromatic carbocycles. The van der Waals surface area contributed by atoms with Crippen LogP contribution in [0.1, 0.15) is 37.3 Å². The second kappa shape index (κ2) is 7.61. The van der Waals surface area contributed by atoms with Gasteiger partial charge in [-0.3, -0.25) is 5.32 Å². The molecule has 0 fully saturated rings. The fraction of sp³-hybridized carbons (Fsp3) is 0.316. The number of nitrogens with zero attached hydrogens (tertiary/aromatic N) is 1. The molecular weight excluding hydrogens is 256 g/mol. The monoisotopic (exact) mass is 278 g/mol. The van der Waals surface area contributed by atoms with Crippen LogP contribution in [0.3, 0.4) is 0 Å². The third kappa shape index (κ3) is 3.93. The average Bonchev–Trinajstić information content (AvgIpc) is 2.56. The molecule has 0 saturated heterocycles. The molecule has 0 aromatic heterocycles. The molecule has 108 valence electrons. The molecule has 2 unspecified atom stereocenters. The third-order valence-corrected chi connectivity index (χ3v) is 3.87. The Morgan fingerprint density at radius 1 is 0.952 bits per heavy atom. The number of rotatable bonds is 6. The van der Waals surface area contributed by atoms with Crippen LogP contribution < -0.4 is 5.32 Å². The van der Waals surface area contributed by atoms with Crippen LogP contribution in [0.25, 0.3) is 0 Å². The third-order valence-electron chi connectivity index (χ3n) is 3.87. The molecule has 2 atom stereocenters. The van der Waals surface area contributed by atoms with Gasteiger partial charge in [0, 0.05) is 12.0 Å². The molecule has 0 radical (unpaired) electrons. The maximum atomic E-state index is 9.65. The zero-order valence-electron chi connectivity index (χ0n) is 12.7. The number of benzene rings is 2. The van der Waals surface area contributed by atoms with Gasteiger partial charge >= 0.3 is 0 Å². The molecule has 0 amide bonds. The Morgan fingerprint density at radius 2 is 1.43 bits per heavy atom. The zero-order valence-corrected chi connectivity index (χ0v) is 12.7. The minimum absolute atomic E-state index is 0.0476. The minimum atomic E-state index is -0.232. The quantitative estimate of drug-likeness (QED) is 0.863. The van der Waals surface area contributed by atoms with Crippen molar-refractivity contribution in [1.82, 2.24) is 5.32 Å². The first kappa shape index (κ1) is 15.3. The summed E-state index contributed by atoms with van der Waals surface area (Å²) in [6.07, 6.45) is 1.01. The van der Waals surface area contributed by atoms with Crippen molar-refractivity contribution in [2.45, 2.75) is 38.3 Å². The average molecular weight is 278 g/mol. The van der Waals surface area contributed by atoms with Crippen molar-refractivity contribution in [3.8, 4) is 6.07 Å². The highest BCUT2D eigenvalue weighted by Crippen LogP contribution is 2.28. The Balaban J connectivity index is 2.39. The lowest BCUT2D eigenvalue weighted by Crippen LogP contribution is -2.39. The van der Waals surface area contributed by atoms with Crippen LogP contribution in [0.5, 0.6) is 0 Å². The van der Waals surface area contributed by atoms with Crippen molar-refractivity contribution < 1.29 is 0 Å². The summed E-state index contributed by atoms with van der Waals surface area (Å²) in [6, 6.07) is 23.1. The predicted molar refractivity (Wildman–Crippen MR) is 87.0 cm³/mol. The van der Waals surface area contributed by atoms with Crippen LogP contribution in [-0.4, -0.2) is 12.1 Å². The van der Waals surface area contributed by atoms with E-state index < -0.39 is 0 Å². The highest BCUT2D eigenvalue weighted by Gasteiger charge is 2.25. The Hall–Kier alpha value is -2.11. The first-order valence-electron chi connectivity index (χ1n) is 7.51. The van der Waals surface area contributed by atoms with Gasteiger partial charge in [-0.2, -0.15) is 5.26 Å². The minimum Gasteiger partial charge on any atom is -0.299 e. The van der Waals surface area contributed by atoms with Gasteiger partial charge in [0.25, 0.3) is 0 Å². The van der Waals surface area contributed by atoms with Crippen molar-refractivity contribution in [1.29, 1.82) is 5.26 Å². The topological polar surface area (TPSA) is 35.8 Å². The maximum absolute atomic E-state index is 9.65. The maximum Gasteiger partial charge on any atom is 0.106 e. The first-order chi connectivity index (χ1) is 10.3. The van der Waals surface area contributed by atoms with E-state index in [4.69, 9.17) is 0 Å². The summed E-state index contributed by atoms with van der Waals surface area (Å²) in [6.45, 7) is 4.25. The SMILES string of the molecule is CCC(C)NC(C#N)C(c1ccccc1)c1ccccc1. The zero-order chi connectivity index (χ0) is 15.1. The summed E-state index contributed by atoms with van der Waals surface area (Å²) < 4.78 is 0. The van der Waals surface area contributed by atoms with Gasteiger partial charge in [0.1, 0.15) is 6.04 Å². The number of hydrogen-bond acceptors (Lipinski definition) is 2. The molecule has 21 heavy (non-hydrogen) atoms. The number of nitriles is 1. The number of nitrogens with one attached hydrogen (secondary N) is 1. The van der Waals surface area contributed by atoms with Gasteiger partial charge in [-0.15, -0.1) is 0 Å². The molecule has 1 N–H and O–H groups in total. The van der Waals surface area contributed by atoms with Gasteiger partial charge in [0.15, 0.2) is 0 Å². The van der Waals surface area contributed by atoms with E-state index in [9.17, 15) is 5.26 Å². The largest absolute Gasteiger partial charge is 0.299 e. The lowest BCUT2D eigenvalue weighted by atomic mass is 9.85. The molecule has 0 aliphatic heterocycles. The summed E-state index contributed by atoms with van der Waals surface area (Å²) in [5, 5.41) is 13.1. The summed E-state index contributed by atoms with van der Waals surface area (Å²) in [4.78, 5) is 0. The van der Waals surface area contributed by atoms with Gasteiger partial charge < -0.3 is 0 Å². The Morgan fingerprint density at radius 3 is 1.81 bits per heavy atom. The van der Waals surface area contributed by atoms with E-state index in [1.54, 1.807) is 0 Å². The van der Waals surface area contributed by atoms with Crippen LogP contribution in [0.2, 0.25) is 0 Å². The summed E-state index contributed by atoms with van der Waals surface area (Å²) >= 11 is 0. The summed E-state index contributed by atoms with van der Waals surface area (Å²) in [5.41, 5.74) is 2.34. The van der Waals surface area contributed by atoms with Crippen molar-refractivity contribution in [3.05, 3.63) is 71.8 Å². The fourth-order valence-corrected chi connectivity index (χ4v) is 2.53. The Bertz CT molecular complexity index is 532. The van der Waals surface area contributed by atoms with E-state index in [0.29, 0.717) is 6.04 Å². The van der Waals surface area contributed by atoms with Gasteiger partial charge in [-0.25, -0.2) is 0 Å². The van der Waals surface area contributed by atoms with E-state index in [0.717, 1.165) is 6.42 Å². The molecule has 2 aromatic rings.